The van der Waals surface area contributed by atoms with Crippen molar-refractivity contribution in [1.82, 2.24) is 5.32 Å². The van der Waals surface area contributed by atoms with Crippen molar-refractivity contribution in [3.63, 3.8) is 0 Å². The molecule has 0 unspecified atom stereocenters. The number of amides is 1. The predicted octanol–water partition coefficient (Wildman–Crippen LogP) is 3.92. The third kappa shape index (κ3) is 5.61. The smallest absolute Gasteiger partial charge is 0.264 e. The van der Waals surface area contributed by atoms with Crippen LogP contribution in [0.1, 0.15) is 18.5 Å². The Kier molecular flexibility index (Phi) is 7.55. The number of methoxy groups -OCH3 is 2. The van der Waals surface area contributed by atoms with Crippen LogP contribution in [-0.2, 0) is 14.8 Å². The average Bonchev–Trinajstić information content (AvgIpc) is 2.83. The molecule has 9 heteroatoms. The summed E-state index contributed by atoms with van der Waals surface area (Å²) >= 11 is 0. The maximum Gasteiger partial charge on any atom is 0.264 e. The lowest BCUT2D eigenvalue weighted by atomic mass is 10.1. The second-order valence-corrected chi connectivity index (χ2v) is 9.06. The van der Waals surface area contributed by atoms with E-state index >= 15 is 0 Å². The summed E-state index contributed by atoms with van der Waals surface area (Å²) in [5.74, 6) is 0.0811. The Balaban J connectivity index is 1.89. The Morgan fingerprint density at radius 2 is 1.67 bits per heavy atom. The van der Waals surface area contributed by atoms with Crippen molar-refractivity contribution in [2.75, 3.05) is 25.1 Å². The molecule has 0 saturated carbocycles. The van der Waals surface area contributed by atoms with E-state index in [1.165, 1.54) is 38.5 Å². The molecule has 0 aliphatic heterocycles. The summed E-state index contributed by atoms with van der Waals surface area (Å²) in [5, 5.41) is 2.80. The van der Waals surface area contributed by atoms with Crippen molar-refractivity contribution >= 4 is 21.6 Å². The van der Waals surface area contributed by atoms with Crippen molar-refractivity contribution in [1.29, 1.82) is 0 Å². The molecule has 0 fully saturated rings. The molecule has 3 rings (SSSR count). The monoisotopic (exact) mass is 472 g/mol. The second kappa shape index (κ2) is 10.4. The lowest BCUT2D eigenvalue weighted by Crippen LogP contribution is -2.41. The highest BCUT2D eigenvalue weighted by Crippen LogP contribution is 2.29. The molecule has 1 amide bonds. The van der Waals surface area contributed by atoms with Crippen molar-refractivity contribution in [2.45, 2.75) is 17.9 Å². The summed E-state index contributed by atoms with van der Waals surface area (Å²) < 4.78 is 51.6. The van der Waals surface area contributed by atoms with Gasteiger partial charge < -0.3 is 14.8 Å². The van der Waals surface area contributed by atoms with Gasteiger partial charge in [0.05, 0.1) is 30.8 Å². The van der Waals surface area contributed by atoms with Crippen LogP contribution in [0.25, 0.3) is 0 Å². The number of carbonyl (C=O) groups excluding carboxylic acids is 1. The van der Waals surface area contributed by atoms with Gasteiger partial charge >= 0.3 is 0 Å². The Hall–Kier alpha value is -3.59. The minimum absolute atomic E-state index is 0.0182. The molecule has 0 aromatic heterocycles. The van der Waals surface area contributed by atoms with Crippen LogP contribution in [0.4, 0.5) is 10.1 Å². The van der Waals surface area contributed by atoms with Gasteiger partial charge in [-0.2, -0.15) is 0 Å². The lowest BCUT2D eigenvalue weighted by molar-refractivity contribution is -0.120. The highest BCUT2D eigenvalue weighted by atomic mass is 32.2. The highest BCUT2D eigenvalue weighted by molar-refractivity contribution is 7.92. The molecule has 7 nitrogen and oxygen atoms in total. The Labute approximate surface area is 192 Å². The third-order valence-electron chi connectivity index (χ3n) is 5.01. The first kappa shape index (κ1) is 24.1. The van der Waals surface area contributed by atoms with E-state index in [1.807, 2.05) is 0 Å². The van der Waals surface area contributed by atoms with Crippen LogP contribution < -0.4 is 19.1 Å². The summed E-state index contributed by atoms with van der Waals surface area (Å²) in [6.45, 7) is 1.25. The quantitative estimate of drug-likeness (QED) is 0.510. The van der Waals surface area contributed by atoms with Crippen molar-refractivity contribution in [3.05, 3.63) is 84.2 Å². The molecule has 33 heavy (non-hydrogen) atoms. The van der Waals surface area contributed by atoms with Crippen molar-refractivity contribution in [2.24, 2.45) is 0 Å². The van der Waals surface area contributed by atoms with Crippen LogP contribution in [-0.4, -0.2) is 35.1 Å². The minimum atomic E-state index is -4.08. The molecular weight excluding hydrogens is 447 g/mol. The zero-order chi connectivity index (χ0) is 24.0. The van der Waals surface area contributed by atoms with E-state index in [0.717, 1.165) is 16.4 Å². The van der Waals surface area contributed by atoms with E-state index in [0.29, 0.717) is 17.1 Å². The molecule has 0 aliphatic rings. The maximum atomic E-state index is 13.5. The standard InChI is InChI=1S/C24H25FN2O5S/c1-17(22-15-20(31-2)13-14-23(22)32-3)26-24(28)16-27(19-11-9-18(25)10-12-19)33(29,30)21-7-5-4-6-8-21/h4-15,17H,16H2,1-3H3,(H,26,28)/t17-/m1/s1. The van der Waals surface area contributed by atoms with Gasteiger partial charge in [-0.05, 0) is 61.5 Å². The van der Waals surface area contributed by atoms with Gasteiger partial charge in [0.25, 0.3) is 10.0 Å². The van der Waals surface area contributed by atoms with Gasteiger partial charge in [-0.1, -0.05) is 18.2 Å². The van der Waals surface area contributed by atoms with Gasteiger partial charge in [0, 0.05) is 5.56 Å². The zero-order valence-corrected chi connectivity index (χ0v) is 19.3. The molecule has 0 radical (unpaired) electrons. The SMILES string of the molecule is COc1ccc(OC)c([C@@H](C)NC(=O)CN(c2ccc(F)cc2)S(=O)(=O)c2ccccc2)c1. The molecule has 0 saturated heterocycles. The van der Waals surface area contributed by atoms with Gasteiger partial charge in [-0.25, -0.2) is 12.8 Å². The fourth-order valence-corrected chi connectivity index (χ4v) is 4.76. The number of nitrogens with zero attached hydrogens (tertiary/aromatic N) is 1. The fourth-order valence-electron chi connectivity index (χ4n) is 3.32. The number of hydrogen-bond acceptors (Lipinski definition) is 5. The van der Waals surface area contributed by atoms with E-state index in [9.17, 15) is 17.6 Å². The number of nitrogens with one attached hydrogen (secondary N) is 1. The molecule has 0 bridgehead atoms. The number of hydrogen-bond donors (Lipinski definition) is 1. The van der Waals surface area contributed by atoms with Gasteiger partial charge in [-0.3, -0.25) is 9.10 Å². The second-order valence-electron chi connectivity index (χ2n) is 7.20. The normalized spacial score (nSPS) is 12.0. The summed E-state index contributed by atoms with van der Waals surface area (Å²) in [4.78, 5) is 13.0. The number of carbonyl (C=O) groups is 1. The summed E-state index contributed by atoms with van der Waals surface area (Å²) in [7, 11) is -1.03. The Bertz CT molecular complexity index is 1200. The van der Waals surface area contributed by atoms with E-state index < -0.39 is 34.3 Å². The topological polar surface area (TPSA) is 84.9 Å². The zero-order valence-electron chi connectivity index (χ0n) is 18.5. The molecule has 3 aromatic rings. The summed E-state index contributed by atoms with van der Waals surface area (Å²) in [6.07, 6.45) is 0. The molecule has 0 spiro atoms. The number of anilines is 1. The number of benzene rings is 3. The maximum absolute atomic E-state index is 13.5. The van der Waals surface area contributed by atoms with Gasteiger partial charge in [0.15, 0.2) is 0 Å². The fraction of sp³-hybridized carbons (Fsp3) is 0.208. The largest absolute Gasteiger partial charge is 0.497 e. The molecular formula is C24H25FN2O5S. The van der Waals surface area contributed by atoms with Gasteiger partial charge in [-0.15, -0.1) is 0 Å². The highest BCUT2D eigenvalue weighted by Gasteiger charge is 2.28. The number of halogens is 1. The van der Waals surface area contributed by atoms with Gasteiger partial charge in [0.2, 0.25) is 5.91 Å². The Morgan fingerprint density at radius 1 is 1.00 bits per heavy atom. The first-order valence-electron chi connectivity index (χ1n) is 10.1. The van der Waals surface area contributed by atoms with Crippen LogP contribution in [0.5, 0.6) is 11.5 Å². The van der Waals surface area contributed by atoms with E-state index in [2.05, 4.69) is 5.32 Å². The summed E-state index contributed by atoms with van der Waals surface area (Å²) in [5.41, 5.74) is 0.839. The van der Waals surface area contributed by atoms with Crippen LogP contribution in [0.15, 0.2) is 77.7 Å². The lowest BCUT2D eigenvalue weighted by Gasteiger charge is -2.25. The number of sulfonamides is 1. The predicted molar refractivity (Wildman–Crippen MR) is 123 cm³/mol. The van der Waals surface area contributed by atoms with E-state index in [4.69, 9.17) is 9.47 Å². The molecule has 3 aromatic carbocycles. The molecule has 1 N–H and O–H groups in total. The number of ether oxygens (including phenoxy) is 2. The third-order valence-corrected chi connectivity index (χ3v) is 6.80. The van der Waals surface area contributed by atoms with Crippen molar-refractivity contribution in [3.8, 4) is 11.5 Å². The first-order valence-corrected chi connectivity index (χ1v) is 11.5. The molecule has 0 aliphatic carbocycles. The van der Waals surface area contributed by atoms with Crippen LogP contribution >= 0.6 is 0 Å². The van der Waals surface area contributed by atoms with Crippen LogP contribution in [0, 0.1) is 5.82 Å². The molecule has 174 valence electrons. The minimum Gasteiger partial charge on any atom is -0.497 e. The van der Waals surface area contributed by atoms with E-state index in [-0.39, 0.29) is 10.6 Å². The average molecular weight is 473 g/mol. The summed E-state index contributed by atoms with van der Waals surface area (Å²) in [6, 6.07) is 17.4. The Morgan fingerprint density at radius 3 is 2.27 bits per heavy atom. The molecule has 0 heterocycles. The van der Waals surface area contributed by atoms with Gasteiger partial charge in [0.1, 0.15) is 23.9 Å². The van der Waals surface area contributed by atoms with E-state index in [1.54, 1.807) is 43.3 Å². The van der Waals surface area contributed by atoms with Crippen LogP contribution in [0.2, 0.25) is 0 Å². The van der Waals surface area contributed by atoms with Crippen molar-refractivity contribution < 1.29 is 27.1 Å². The first-order chi connectivity index (χ1) is 15.8. The number of rotatable bonds is 9. The van der Waals surface area contributed by atoms with Crippen LogP contribution in [0.3, 0.4) is 0 Å². The molecule has 1 atom stereocenters.